The molecule has 0 aliphatic rings. The fourth-order valence-electron chi connectivity index (χ4n) is 3.34. The predicted octanol–water partition coefficient (Wildman–Crippen LogP) is 2.60. The van der Waals surface area contributed by atoms with Crippen molar-refractivity contribution < 1.29 is 9.18 Å². The second kappa shape index (κ2) is 8.35. The molecule has 0 aliphatic heterocycles. The highest BCUT2D eigenvalue weighted by Gasteiger charge is 2.21. The third-order valence-electron chi connectivity index (χ3n) is 5.00. The fourth-order valence-corrected chi connectivity index (χ4v) is 4.22. The van der Waals surface area contributed by atoms with Gasteiger partial charge in [0.1, 0.15) is 5.82 Å². The van der Waals surface area contributed by atoms with Crippen molar-refractivity contribution in [2.45, 2.75) is 11.7 Å². The molecule has 9 heteroatoms. The molecule has 0 spiro atoms. The maximum atomic E-state index is 14.0. The Morgan fingerprint density at radius 2 is 1.68 bits per heavy atom. The van der Waals surface area contributed by atoms with Crippen molar-refractivity contribution in [2.75, 3.05) is 5.75 Å². The van der Waals surface area contributed by atoms with Crippen molar-refractivity contribution in [1.82, 2.24) is 18.7 Å². The minimum Gasteiger partial charge on any atom is -0.309 e. The number of nitrogens with zero attached hydrogens (tertiary/aromatic N) is 4. The first-order valence-corrected chi connectivity index (χ1v) is 10.5. The summed E-state index contributed by atoms with van der Waals surface area (Å²) in [6.45, 7) is 0.334. The molecule has 2 heterocycles. The molecule has 0 saturated heterocycles. The molecule has 4 rings (SSSR count). The van der Waals surface area contributed by atoms with Gasteiger partial charge in [-0.1, -0.05) is 54.2 Å². The molecule has 4 aromatic rings. The number of Topliss-reactive ketones (excluding diaryl/α,β-unsaturated/α-hetero) is 1. The Kier molecular flexibility index (Phi) is 5.60. The lowest BCUT2D eigenvalue weighted by atomic mass is 10.1. The van der Waals surface area contributed by atoms with Crippen molar-refractivity contribution in [3.63, 3.8) is 0 Å². The van der Waals surface area contributed by atoms with Crippen LogP contribution < -0.4 is 11.2 Å². The maximum Gasteiger partial charge on any atom is 0.332 e. The normalized spacial score (nSPS) is 11.2. The zero-order valence-corrected chi connectivity index (χ0v) is 17.7. The first kappa shape index (κ1) is 20.8. The van der Waals surface area contributed by atoms with E-state index in [2.05, 4.69) is 4.98 Å². The average molecular weight is 438 g/mol. The Morgan fingerprint density at radius 3 is 2.39 bits per heavy atom. The van der Waals surface area contributed by atoms with E-state index in [9.17, 15) is 18.8 Å². The van der Waals surface area contributed by atoms with Crippen LogP contribution in [0.25, 0.3) is 11.2 Å². The smallest absolute Gasteiger partial charge is 0.309 e. The molecule has 2 aromatic carbocycles. The van der Waals surface area contributed by atoms with Gasteiger partial charge in [0.15, 0.2) is 22.1 Å². The summed E-state index contributed by atoms with van der Waals surface area (Å²) < 4.78 is 18.0. The number of aryl methyl sites for hydroxylation is 1. The van der Waals surface area contributed by atoms with Gasteiger partial charge in [0.05, 0.1) is 17.9 Å². The van der Waals surface area contributed by atoms with E-state index in [1.807, 2.05) is 30.3 Å². The van der Waals surface area contributed by atoms with Crippen LogP contribution in [0, 0.1) is 5.82 Å². The molecule has 0 atom stereocenters. The highest BCUT2D eigenvalue weighted by Crippen LogP contribution is 2.24. The third kappa shape index (κ3) is 3.84. The van der Waals surface area contributed by atoms with Gasteiger partial charge in [-0.3, -0.25) is 18.7 Å². The summed E-state index contributed by atoms with van der Waals surface area (Å²) in [6.07, 6.45) is 0. The lowest BCUT2D eigenvalue weighted by Crippen LogP contribution is -2.37. The van der Waals surface area contributed by atoms with Crippen LogP contribution in [0.2, 0.25) is 0 Å². The molecular formula is C22H19FN4O3S. The minimum absolute atomic E-state index is 0.00374. The van der Waals surface area contributed by atoms with Crippen LogP contribution >= 0.6 is 11.8 Å². The van der Waals surface area contributed by atoms with E-state index >= 15 is 0 Å². The van der Waals surface area contributed by atoms with Crippen LogP contribution in [-0.4, -0.2) is 30.2 Å². The molecule has 0 saturated carbocycles. The Hall–Kier alpha value is -3.46. The summed E-state index contributed by atoms with van der Waals surface area (Å²) in [5, 5.41) is 0.404. The number of thioether (sulfide) groups is 1. The summed E-state index contributed by atoms with van der Waals surface area (Å²) in [4.78, 5) is 42.3. The standard InChI is InChI=1S/C22H19FN4O3S/c1-25-19-18(20(29)26(2)22(25)30)27(12-14-8-4-3-5-9-14)21(24-19)31-13-17(28)15-10-6-7-11-16(15)23/h3-11H,12-13H2,1-2H3. The summed E-state index contributed by atoms with van der Waals surface area (Å²) in [5.41, 5.74) is 0.498. The maximum absolute atomic E-state index is 14.0. The number of carbonyl (C=O) groups excluding carboxylic acids is 1. The lowest BCUT2D eigenvalue weighted by Gasteiger charge is -2.09. The number of benzene rings is 2. The third-order valence-corrected chi connectivity index (χ3v) is 5.98. The van der Waals surface area contributed by atoms with Crippen molar-refractivity contribution in [2.24, 2.45) is 14.1 Å². The molecular weight excluding hydrogens is 419 g/mol. The van der Waals surface area contributed by atoms with Crippen molar-refractivity contribution in [3.05, 3.63) is 92.4 Å². The van der Waals surface area contributed by atoms with Gasteiger partial charge in [-0.25, -0.2) is 14.2 Å². The van der Waals surface area contributed by atoms with E-state index in [-0.39, 0.29) is 28.3 Å². The Bertz CT molecular complexity index is 1410. The van der Waals surface area contributed by atoms with Gasteiger partial charge in [-0.15, -0.1) is 0 Å². The van der Waals surface area contributed by atoms with Crippen LogP contribution in [0.4, 0.5) is 4.39 Å². The second-order valence-electron chi connectivity index (χ2n) is 7.04. The molecule has 0 aliphatic carbocycles. The topological polar surface area (TPSA) is 78.9 Å². The van der Waals surface area contributed by atoms with Gasteiger partial charge in [-0.05, 0) is 17.7 Å². The van der Waals surface area contributed by atoms with Crippen LogP contribution in [0.15, 0.2) is 69.3 Å². The van der Waals surface area contributed by atoms with Gasteiger partial charge in [0, 0.05) is 14.1 Å². The zero-order valence-electron chi connectivity index (χ0n) is 16.9. The molecule has 2 aromatic heterocycles. The van der Waals surface area contributed by atoms with Crippen LogP contribution in [-0.2, 0) is 20.6 Å². The Balaban J connectivity index is 1.79. The van der Waals surface area contributed by atoms with Crippen molar-refractivity contribution in [3.8, 4) is 0 Å². The van der Waals surface area contributed by atoms with Crippen molar-refractivity contribution >= 4 is 28.7 Å². The lowest BCUT2D eigenvalue weighted by molar-refractivity contribution is 0.101. The molecule has 0 amide bonds. The van der Waals surface area contributed by atoms with Gasteiger partial charge >= 0.3 is 5.69 Å². The van der Waals surface area contributed by atoms with E-state index in [1.165, 1.54) is 29.8 Å². The number of hydrogen-bond acceptors (Lipinski definition) is 5. The van der Waals surface area contributed by atoms with E-state index in [0.717, 1.165) is 21.9 Å². The summed E-state index contributed by atoms with van der Waals surface area (Å²) in [5.74, 6) is -1.03. The average Bonchev–Trinajstić information content (AvgIpc) is 3.14. The highest BCUT2D eigenvalue weighted by atomic mass is 32.2. The molecule has 7 nitrogen and oxygen atoms in total. The number of hydrogen-bond donors (Lipinski definition) is 0. The number of aromatic nitrogens is 4. The SMILES string of the molecule is Cn1c(=O)c2c(nc(SCC(=O)c3ccccc3F)n2Cc2ccccc2)n(C)c1=O. The highest BCUT2D eigenvalue weighted by molar-refractivity contribution is 7.99. The van der Waals surface area contributed by atoms with E-state index < -0.39 is 17.1 Å². The van der Waals surface area contributed by atoms with Gasteiger partial charge < -0.3 is 4.57 Å². The first-order valence-electron chi connectivity index (χ1n) is 9.49. The molecule has 0 unspecified atom stereocenters. The summed E-state index contributed by atoms with van der Waals surface area (Å²) in [6, 6.07) is 15.3. The van der Waals surface area contributed by atoms with Crippen LogP contribution in [0.1, 0.15) is 15.9 Å². The molecule has 0 radical (unpaired) electrons. The summed E-state index contributed by atoms with van der Waals surface area (Å²) in [7, 11) is 2.96. The second-order valence-corrected chi connectivity index (χ2v) is 7.98. The number of rotatable bonds is 6. The molecule has 0 bridgehead atoms. The minimum atomic E-state index is -0.581. The number of carbonyl (C=O) groups is 1. The molecule has 158 valence electrons. The summed E-state index contributed by atoms with van der Waals surface area (Å²) >= 11 is 1.10. The Morgan fingerprint density at radius 1 is 1.00 bits per heavy atom. The number of halogens is 1. The largest absolute Gasteiger partial charge is 0.332 e. The van der Waals surface area contributed by atoms with Gasteiger partial charge in [-0.2, -0.15) is 0 Å². The van der Waals surface area contributed by atoms with E-state index in [0.29, 0.717) is 11.7 Å². The fraction of sp³-hybridized carbons (Fsp3) is 0.182. The molecule has 0 fully saturated rings. The number of ketones is 1. The monoisotopic (exact) mass is 438 g/mol. The zero-order chi connectivity index (χ0) is 22.1. The Labute approximate surface area is 180 Å². The van der Waals surface area contributed by atoms with E-state index in [1.54, 1.807) is 17.7 Å². The molecule has 0 N–H and O–H groups in total. The number of imidazole rings is 1. The van der Waals surface area contributed by atoms with Gasteiger partial charge in [0.25, 0.3) is 5.56 Å². The van der Waals surface area contributed by atoms with Crippen molar-refractivity contribution in [1.29, 1.82) is 0 Å². The van der Waals surface area contributed by atoms with E-state index in [4.69, 9.17) is 0 Å². The molecule has 31 heavy (non-hydrogen) atoms. The quantitative estimate of drug-likeness (QED) is 0.342. The predicted molar refractivity (Wildman–Crippen MR) is 117 cm³/mol. The van der Waals surface area contributed by atoms with Crippen LogP contribution in [0.3, 0.4) is 0 Å². The number of fused-ring (bicyclic) bond motifs is 1. The first-order chi connectivity index (χ1) is 14.9. The van der Waals surface area contributed by atoms with Gasteiger partial charge in [0.2, 0.25) is 0 Å². The van der Waals surface area contributed by atoms with Crippen LogP contribution in [0.5, 0.6) is 0 Å².